The van der Waals surface area contributed by atoms with Gasteiger partial charge in [-0.2, -0.15) is 0 Å². The zero-order valence-corrected chi connectivity index (χ0v) is 16.2. The van der Waals surface area contributed by atoms with Crippen molar-refractivity contribution in [2.45, 2.75) is 39.3 Å². The van der Waals surface area contributed by atoms with E-state index in [0.29, 0.717) is 13.2 Å². The van der Waals surface area contributed by atoms with Gasteiger partial charge in [0.25, 0.3) is 0 Å². The molecule has 0 aliphatic heterocycles. The quantitative estimate of drug-likeness (QED) is 0.613. The van der Waals surface area contributed by atoms with Gasteiger partial charge in [0.2, 0.25) is 0 Å². The molecule has 0 unspecified atom stereocenters. The van der Waals surface area contributed by atoms with Gasteiger partial charge in [-0.05, 0) is 39.3 Å². The third-order valence-electron chi connectivity index (χ3n) is 1.56. The topological polar surface area (TPSA) is 18.5 Å². The molecule has 0 bridgehead atoms. The third kappa shape index (κ3) is 10.2. The molecule has 0 amide bonds. The van der Waals surface area contributed by atoms with Gasteiger partial charge in [-0.3, -0.25) is 0 Å². The highest BCUT2D eigenvalue weighted by Gasteiger charge is 2.17. The molecule has 6 heteroatoms. The van der Waals surface area contributed by atoms with Crippen LogP contribution in [0.1, 0.15) is 0 Å². The molecule has 0 saturated carbocycles. The van der Waals surface area contributed by atoms with Gasteiger partial charge in [-0.15, -0.1) is 0 Å². The van der Waals surface area contributed by atoms with Crippen molar-refractivity contribution in [3.63, 3.8) is 0 Å². The average molecular weight is 390 g/mol. The summed E-state index contributed by atoms with van der Waals surface area (Å²) in [4.78, 5) is 0. The van der Waals surface area contributed by atoms with Gasteiger partial charge < -0.3 is 8.85 Å². The van der Waals surface area contributed by atoms with E-state index in [2.05, 4.69) is 71.1 Å². The monoisotopic (exact) mass is 388 g/mol. The first-order chi connectivity index (χ1) is 7.01. The van der Waals surface area contributed by atoms with Crippen molar-refractivity contribution >= 4 is 48.5 Å². The largest absolute Gasteiger partial charge is 0.413 e. The molecule has 0 aromatic rings. The van der Waals surface area contributed by atoms with Crippen LogP contribution >= 0.6 is 31.9 Å². The van der Waals surface area contributed by atoms with Crippen LogP contribution in [0.5, 0.6) is 0 Å². The second kappa shape index (κ2) is 6.85. The molecule has 96 valence electrons. The predicted octanol–water partition coefficient (Wildman–Crippen LogP) is 4.69. The predicted molar refractivity (Wildman–Crippen MR) is 83.5 cm³/mol. The number of halogens is 2. The van der Waals surface area contributed by atoms with E-state index >= 15 is 0 Å². The van der Waals surface area contributed by atoms with Crippen molar-refractivity contribution in [3.05, 3.63) is 8.96 Å². The molecular formula is C10H22Br2O2Si2. The third-order valence-corrected chi connectivity index (χ3v) is 5.53. The first-order valence-electron chi connectivity index (χ1n) is 5.32. The van der Waals surface area contributed by atoms with Gasteiger partial charge in [0.1, 0.15) is 0 Å². The fourth-order valence-corrected chi connectivity index (χ4v) is 2.75. The van der Waals surface area contributed by atoms with Gasteiger partial charge in [0, 0.05) is 8.96 Å². The first-order valence-corrected chi connectivity index (χ1v) is 13.7. The minimum absolute atomic E-state index is 0.630. The molecule has 2 nitrogen and oxygen atoms in total. The Bertz CT molecular complexity index is 229. The fourth-order valence-electron chi connectivity index (χ4n) is 0.716. The van der Waals surface area contributed by atoms with Crippen LogP contribution in [0.25, 0.3) is 0 Å². The summed E-state index contributed by atoms with van der Waals surface area (Å²) in [5.74, 6) is 0. The van der Waals surface area contributed by atoms with Crippen LogP contribution < -0.4 is 0 Å². The summed E-state index contributed by atoms with van der Waals surface area (Å²) < 4.78 is 13.7. The first kappa shape index (κ1) is 17.1. The van der Waals surface area contributed by atoms with Crippen LogP contribution in [-0.4, -0.2) is 29.8 Å². The van der Waals surface area contributed by atoms with Gasteiger partial charge in [-0.25, -0.2) is 0 Å². The van der Waals surface area contributed by atoms with Crippen LogP contribution in [0.15, 0.2) is 8.96 Å². The number of hydrogen-bond acceptors (Lipinski definition) is 2. The summed E-state index contributed by atoms with van der Waals surface area (Å²) in [7, 11) is -2.89. The Morgan fingerprint density at radius 2 is 1.00 bits per heavy atom. The highest BCUT2D eigenvalue weighted by atomic mass is 79.9. The zero-order chi connectivity index (χ0) is 13.0. The van der Waals surface area contributed by atoms with Crippen molar-refractivity contribution in [1.29, 1.82) is 0 Å². The van der Waals surface area contributed by atoms with Crippen LogP contribution in [0.4, 0.5) is 0 Å². The van der Waals surface area contributed by atoms with Crippen molar-refractivity contribution in [1.82, 2.24) is 0 Å². The molecule has 0 aliphatic rings. The highest BCUT2D eigenvalue weighted by molar-refractivity contribution is 9.14. The van der Waals surface area contributed by atoms with E-state index in [1.807, 2.05) is 0 Å². The minimum Gasteiger partial charge on any atom is -0.413 e. The molecule has 0 spiro atoms. The Kier molecular flexibility index (Phi) is 7.30. The molecule has 0 atom stereocenters. The highest BCUT2D eigenvalue weighted by Crippen LogP contribution is 2.21. The molecule has 0 fully saturated rings. The van der Waals surface area contributed by atoms with Gasteiger partial charge in [-0.1, -0.05) is 31.9 Å². The Morgan fingerprint density at radius 3 is 1.19 bits per heavy atom. The summed E-state index contributed by atoms with van der Waals surface area (Å²) in [6.45, 7) is 14.3. The van der Waals surface area contributed by atoms with E-state index in [9.17, 15) is 0 Å². The second-order valence-corrected chi connectivity index (χ2v) is 16.6. The molecule has 16 heavy (non-hydrogen) atoms. The summed E-state index contributed by atoms with van der Waals surface area (Å²) >= 11 is 7.06. The van der Waals surface area contributed by atoms with Crippen molar-refractivity contribution in [2.75, 3.05) is 13.2 Å². The maximum atomic E-state index is 5.80. The Morgan fingerprint density at radius 1 is 0.750 bits per heavy atom. The normalized spacial score (nSPS) is 15.0. The maximum absolute atomic E-state index is 5.80. The molecule has 0 saturated heterocycles. The lowest BCUT2D eigenvalue weighted by Gasteiger charge is -2.19. The van der Waals surface area contributed by atoms with Gasteiger partial charge in [0.05, 0.1) is 13.2 Å². The second-order valence-electron chi connectivity index (χ2n) is 5.61. The Hall–Kier alpha value is 1.05. The lowest BCUT2D eigenvalue weighted by atomic mass is 10.5. The van der Waals surface area contributed by atoms with Crippen molar-refractivity contribution in [3.8, 4) is 0 Å². The molecule has 0 aromatic carbocycles. The van der Waals surface area contributed by atoms with Crippen molar-refractivity contribution in [2.24, 2.45) is 0 Å². The SMILES string of the molecule is C[Si](C)(C)OCC(Br)=C(Br)CO[Si](C)(C)C. The van der Waals surface area contributed by atoms with Gasteiger partial charge >= 0.3 is 0 Å². The van der Waals surface area contributed by atoms with E-state index in [1.165, 1.54) is 0 Å². The molecule has 0 radical (unpaired) electrons. The van der Waals surface area contributed by atoms with Crippen LogP contribution in [0, 0.1) is 0 Å². The summed E-state index contributed by atoms with van der Waals surface area (Å²) in [5, 5.41) is 0. The zero-order valence-electron chi connectivity index (χ0n) is 11.0. The standard InChI is InChI=1S/C10H22Br2O2Si2/c1-15(2,3)13-7-9(11)10(12)8-14-16(4,5)6/h7-8H2,1-6H3. The molecule has 0 heterocycles. The van der Waals surface area contributed by atoms with Gasteiger partial charge in [0.15, 0.2) is 16.6 Å². The van der Waals surface area contributed by atoms with E-state index in [1.54, 1.807) is 0 Å². The summed E-state index contributed by atoms with van der Waals surface area (Å²) in [5.41, 5.74) is 0. The fraction of sp³-hybridized carbons (Fsp3) is 0.800. The Balaban J connectivity index is 4.16. The molecule has 0 aromatic heterocycles. The van der Waals surface area contributed by atoms with E-state index in [4.69, 9.17) is 8.85 Å². The lowest BCUT2D eigenvalue weighted by molar-refractivity contribution is 0.341. The van der Waals surface area contributed by atoms with Crippen molar-refractivity contribution < 1.29 is 8.85 Å². The molecule has 0 N–H and O–H groups in total. The van der Waals surface area contributed by atoms with E-state index < -0.39 is 16.6 Å². The van der Waals surface area contributed by atoms with Crippen LogP contribution in [0.2, 0.25) is 39.3 Å². The van der Waals surface area contributed by atoms with Crippen LogP contribution in [-0.2, 0) is 8.85 Å². The summed E-state index contributed by atoms with van der Waals surface area (Å²) in [6.07, 6.45) is 0. The lowest BCUT2D eigenvalue weighted by Crippen LogP contribution is -2.27. The number of rotatable bonds is 6. The van der Waals surface area contributed by atoms with Crippen LogP contribution in [0.3, 0.4) is 0 Å². The average Bonchev–Trinajstić information content (AvgIpc) is 2.07. The maximum Gasteiger partial charge on any atom is 0.184 e. The minimum atomic E-state index is -1.44. The number of hydrogen-bond donors (Lipinski definition) is 0. The summed E-state index contributed by atoms with van der Waals surface area (Å²) in [6, 6.07) is 0. The van der Waals surface area contributed by atoms with E-state index in [-0.39, 0.29) is 0 Å². The smallest absolute Gasteiger partial charge is 0.184 e. The Labute approximate surface area is 118 Å². The molecular weight excluding hydrogens is 368 g/mol. The van der Waals surface area contributed by atoms with E-state index in [0.717, 1.165) is 8.96 Å². The molecule has 0 aliphatic carbocycles. The molecule has 0 rings (SSSR count).